The fourth-order valence-electron chi connectivity index (χ4n) is 4.23. The lowest BCUT2D eigenvalue weighted by Crippen LogP contribution is -2.36. The number of benzene rings is 2. The summed E-state index contributed by atoms with van der Waals surface area (Å²) in [5, 5.41) is 12.1. The number of rotatable bonds is 5. The Balaban J connectivity index is 1.65. The Morgan fingerprint density at radius 1 is 1.06 bits per heavy atom. The van der Waals surface area contributed by atoms with Gasteiger partial charge in [-0.15, -0.1) is 0 Å². The van der Waals surface area contributed by atoms with Gasteiger partial charge in [0.25, 0.3) is 5.91 Å². The quantitative estimate of drug-likeness (QED) is 0.451. The molecule has 0 atom stereocenters. The van der Waals surface area contributed by atoms with E-state index in [-0.39, 0.29) is 11.3 Å². The van der Waals surface area contributed by atoms with Gasteiger partial charge in [-0.2, -0.15) is 18.4 Å². The van der Waals surface area contributed by atoms with Crippen molar-refractivity contribution in [3.63, 3.8) is 0 Å². The summed E-state index contributed by atoms with van der Waals surface area (Å²) in [6, 6.07) is 16.2. The average Bonchev–Trinajstić information content (AvgIpc) is 3.25. The summed E-state index contributed by atoms with van der Waals surface area (Å²) in [5.41, 5.74) is 2.94. The first-order chi connectivity index (χ1) is 16.8. The van der Waals surface area contributed by atoms with E-state index in [1.54, 1.807) is 6.08 Å². The highest BCUT2D eigenvalue weighted by molar-refractivity contribution is 6.07. The van der Waals surface area contributed by atoms with Gasteiger partial charge < -0.3 is 15.0 Å². The van der Waals surface area contributed by atoms with E-state index in [0.717, 1.165) is 41.0 Å². The molecule has 1 saturated heterocycles. The summed E-state index contributed by atoms with van der Waals surface area (Å²) in [5.74, 6) is -0.749. The molecule has 1 aliphatic carbocycles. The predicted molar refractivity (Wildman–Crippen MR) is 127 cm³/mol. The first-order valence-corrected chi connectivity index (χ1v) is 11.3. The second kappa shape index (κ2) is 10.6. The van der Waals surface area contributed by atoms with E-state index in [0.29, 0.717) is 32.7 Å². The number of allylic oxidation sites excluding steroid dienone is 3. The number of amides is 1. The van der Waals surface area contributed by atoms with Gasteiger partial charge in [-0.25, -0.2) is 0 Å². The molecule has 180 valence electrons. The molecular formula is C27H24F3N3O2. The Labute approximate surface area is 201 Å². The van der Waals surface area contributed by atoms with Crippen LogP contribution in [0.1, 0.15) is 24.0 Å². The zero-order valence-corrected chi connectivity index (χ0v) is 18.9. The lowest BCUT2D eigenvalue weighted by atomic mass is 10.1. The summed E-state index contributed by atoms with van der Waals surface area (Å²) in [6.07, 6.45) is 0.534. The highest BCUT2D eigenvalue weighted by Crippen LogP contribution is 2.37. The van der Waals surface area contributed by atoms with Crippen LogP contribution in [0.4, 0.5) is 18.9 Å². The van der Waals surface area contributed by atoms with E-state index in [9.17, 15) is 23.2 Å². The van der Waals surface area contributed by atoms with E-state index in [2.05, 4.69) is 16.3 Å². The van der Waals surface area contributed by atoms with Crippen LogP contribution in [0, 0.1) is 11.3 Å². The fourth-order valence-corrected chi connectivity index (χ4v) is 4.23. The molecular weight excluding hydrogens is 455 g/mol. The molecule has 0 spiro atoms. The van der Waals surface area contributed by atoms with Crippen molar-refractivity contribution < 1.29 is 22.7 Å². The summed E-state index contributed by atoms with van der Waals surface area (Å²) in [4.78, 5) is 15.0. The number of ether oxygens (including phenoxy) is 1. The van der Waals surface area contributed by atoms with Crippen molar-refractivity contribution in [1.29, 1.82) is 5.26 Å². The summed E-state index contributed by atoms with van der Waals surface area (Å²) >= 11 is 0. The van der Waals surface area contributed by atoms with Gasteiger partial charge in [0.05, 0.1) is 18.8 Å². The van der Waals surface area contributed by atoms with E-state index < -0.39 is 17.6 Å². The van der Waals surface area contributed by atoms with Crippen molar-refractivity contribution in [2.24, 2.45) is 0 Å². The number of alkyl halides is 3. The van der Waals surface area contributed by atoms with Crippen molar-refractivity contribution >= 4 is 17.7 Å². The molecule has 8 heteroatoms. The van der Waals surface area contributed by atoms with E-state index in [1.807, 2.05) is 36.4 Å². The van der Waals surface area contributed by atoms with Gasteiger partial charge in [0.15, 0.2) is 0 Å². The molecule has 4 rings (SSSR count). The molecule has 1 aliphatic heterocycles. The number of hydrogen-bond donors (Lipinski definition) is 1. The van der Waals surface area contributed by atoms with Crippen molar-refractivity contribution in [2.45, 2.75) is 19.0 Å². The topological polar surface area (TPSA) is 65.4 Å². The molecule has 0 bridgehead atoms. The van der Waals surface area contributed by atoms with Gasteiger partial charge in [0, 0.05) is 24.5 Å². The molecule has 0 saturated carbocycles. The zero-order valence-electron chi connectivity index (χ0n) is 18.9. The van der Waals surface area contributed by atoms with Gasteiger partial charge in [0.1, 0.15) is 11.6 Å². The van der Waals surface area contributed by atoms with Gasteiger partial charge in [-0.1, -0.05) is 36.4 Å². The van der Waals surface area contributed by atoms with Gasteiger partial charge in [-0.05, 0) is 59.9 Å². The number of nitrogens with one attached hydrogen (secondary N) is 1. The molecule has 35 heavy (non-hydrogen) atoms. The molecule has 1 fully saturated rings. The number of nitriles is 1. The maximum atomic E-state index is 13.0. The average molecular weight is 480 g/mol. The van der Waals surface area contributed by atoms with E-state index >= 15 is 0 Å². The van der Waals surface area contributed by atoms with E-state index in [1.165, 1.54) is 12.1 Å². The smallest absolute Gasteiger partial charge is 0.378 e. The molecule has 5 nitrogen and oxygen atoms in total. The Morgan fingerprint density at radius 3 is 2.49 bits per heavy atom. The highest BCUT2D eigenvalue weighted by atomic mass is 19.4. The van der Waals surface area contributed by atoms with Crippen LogP contribution in [0.15, 0.2) is 83.1 Å². The SMILES string of the molecule is N#C/C(=C/C1=C(N2CCOCC2)C(=C/c2ccccc2)/CC1)C(=O)Nc1cccc(C(F)(F)F)c1. The van der Waals surface area contributed by atoms with Crippen LogP contribution >= 0.6 is 0 Å². The molecule has 1 amide bonds. The molecule has 0 unspecified atom stereocenters. The van der Waals surface area contributed by atoms with Gasteiger partial charge in [0.2, 0.25) is 0 Å². The highest BCUT2D eigenvalue weighted by Gasteiger charge is 2.31. The molecule has 0 aromatic heterocycles. The predicted octanol–water partition coefficient (Wildman–Crippen LogP) is 5.56. The largest absolute Gasteiger partial charge is 0.416 e. The number of hydrogen-bond acceptors (Lipinski definition) is 4. The number of carbonyl (C=O) groups is 1. The zero-order chi connectivity index (χ0) is 24.8. The van der Waals surface area contributed by atoms with Crippen molar-refractivity contribution in [1.82, 2.24) is 4.90 Å². The molecule has 2 aromatic carbocycles. The second-order valence-corrected chi connectivity index (χ2v) is 8.26. The number of anilines is 1. The molecule has 0 radical (unpaired) electrons. The van der Waals surface area contributed by atoms with Crippen molar-refractivity contribution in [3.8, 4) is 6.07 Å². The molecule has 1 N–H and O–H groups in total. The monoisotopic (exact) mass is 479 g/mol. The maximum Gasteiger partial charge on any atom is 0.416 e. The van der Waals surface area contributed by atoms with Crippen molar-refractivity contribution in [3.05, 3.63) is 94.2 Å². The van der Waals surface area contributed by atoms with Crippen LogP contribution in [0.25, 0.3) is 6.08 Å². The first kappa shape index (κ1) is 24.3. The number of carbonyl (C=O) groups excluding carboxylic acids is 1. The fraction of sp³-hybridized carbons (Fsp3) is 0.259. The van der Waals surface area contributed by atoms with Gasteiger partial charge >= 0.3 is 6.18 Å². The minimum atomic E-state index is -4.53. The standard InChI is InChI=1S/C27H24F3N3O2/c28-27(29,30)23-7-4-8-24(17-23)32-26(34)22(18-31)16-21-10-9-20(15-19-5-2-1-3-6-19)25(21)33-11-13-35-14-12-33/h1-8,15-17H,9-14H2,(H,32,34)/b20-15+,22-16-. The Bertz CT molecular complexity index is 1220. The van der Waals surface area contributed by atoms with E-state index in [4.69, 9.17) is 4.74 Å². The Morgan fingerprint density at radius 2 is 1.80 bits per heavy atom. The third-order valence-electron chi connectivity index (χ3n) is 5.87. The van der Waals surface area contributed by atoms with Crippen molar-refractivity contribution in [2.75, 3.05) is 31.6 Å². The van der Waals surface area contributed by atoms with Gasteiger partial charge in [-0.3, -0.25) is 4.79 Å². The second-order valence-electron chi connectivity index (χ2n) is 8.26. The molecule has 2 aliphatic rings. The number of nitrogens with zero attached hydrogens (tertiary/aromatic N) is 2. The number of halogens is 3. The summed E-state index contributed by atoms with van der Waals surface area (Å²) in [7, 11) is 0. The Kier molecular flexibility index (Phi) is 7.37. The normalized spacial score (nSPS) is 18.1. The first-order valence-electron chi connectivity index (χ1n) is 11.3. The van der Waals surface area contributed by atoms with Crippen LogP contribution in [-0.4, -0.2) is 37.1 Å². The minimum Gasteiger partial charge on any atom is -0.378 e. The van der Waals surface area contributed by atoms with Crippen LogP contribution < -0.4 is 5.32 Å². The third kappa shape index (κ3) is 6.00. The Hall–Kier alpha value is -3.83. The maximum absolute atomic E-state index is 13.0. The third-order valence-corrected chi connectivity index (χ3v) is 5.87. The molecule has 1 heterocycles. The number of morpholine rings is 1. The van der Waals surface area contributed by atoms with Crippen LogP contribution in [0.3, 0.4) is 0 Å². The van der Waals surface area contributed by atoms with Crippen LogP contribution in [-0.2, 0) is 15.7 Å². The van der Waals surface area contributed by atoms with Crippen LogP contribution in [0.5, 0.6) is 0 Å². The lowest BCUT2D eigenvalue weighted by molar-refractivity contribution is -0.137. The van der Waals surface area contributed by atoms with Crippen LogP contribution in [0.2, 0.25) is 0 Å². The summed E-state index contributed by atoms with van der Waals surface area (Å²) in [6.45, 7) is 2.55. The summed E-state index contributed by atoms with van der Waals surface area (Å²) < 4.78 is 44.5. The minimum absolute atomic E-state index is 0.0237. The molecule has 2 aromatic rings. The lowest BCUT2D eigenvalue weighted by Gasteiger charge is -2.31.